The van der Waals surface area contributed by atoms with Gasteiger partial charge in [-0.1, -0.05) is 12.7 Å². The van der Waals surface area contributed by atoms with Crippen LogP contribution in [-0.2, 0) is 4.74 Å². The van der Waals surface area contributed by atoms with Crippen LogP contribution in [-0.4, -0.2) is 13.7 Å². The van der Waals surface area contributed by atoms with Crippen LogP contribution < -0.4 is 5.32 Å². The highest BCUT2D eigenvalue weighted by atomic mass is 16.5. The largest absolute Gasteiger partial charge is 0.495 e. The number of hydrogen-bond donors (Lipinski definition) is 1. The SMILES string of the molecule is C=C(C)OC/C(C)=C/C=C\NC. The van der Waals surface area contributed by atoms with Crippen molar-refractivity contribution < 1.29 is 4.74 Å². The number of hydrogen-bond acceptors (Lipinski definition) is 2. The normalized spacial score (nSPS) is 11.8. The Balaban J connectivity index is 3.70. The second-order valence-electron chi connectivity index (χ2n) is 2.65. The fraction of sp³-hybridized carbons (Fsp3) is 0.400. The predicted molar refractivity (Wildman–Crippen MR) is 52.7 cm³/mol. The first-order valence-electron chi connectivity index (χ1n) is 3.94. The summed E-state index contributed by atoms with van der Waals surface area (Å²) in [6.07, 6.45) is 5.81. The number of ether oxygens (including phenoxy) is 1. The summed E-state index contributed by atoms with van der Waals surface area (Å²) in [6, 6.07) is 0. The van der Waals surface area contributed by atoms with Gasteiger partial charge in [-0.25, -0.2) is 0 Å². The minimum Gasteiger partial charge on any atom is -0.495 e. The summed E-state index contributed by atoms with van der Waals surface area (Å²) in [5, 5.41) is 2.90. The van der Waals surface area contributed by atoms with E-state index >= 15 is 0 Å². The first kappa shape index (κ1) is 10.8. The van der Waals surface area contributed by atoms with Crippen LogP contribution in [0.4, 0.5) is 0 Å². The fourth-order valence-corrected chi connectivity index (χ4v) is 0.594. The zero-order chi connectivity index (χ0) is 9.40. The average Bonchev–Trinajstić information content (AvgIpc) is 2.01. The van der Waals surface area contributed by atoms with Gasteiger partial charge in [-0.15, -0.1) is 0 Å². The Kier molecular flexibility index (Phi) is 5.88. The lowest BCUT2D eigenvalue weighted by atomic mass is 10.3. The Morgan fingerprint density at radius 1 is 1.50 bits per heavy atom. The van der Waals surface area contributed by atoms with Gasteiger partial charge in [-0.05, 0) is 31.7 Å². The first-order chi connectivity index (χ1) is 5.66. The van der Waals surface area contributed by atoms with E-state index in [1.807, 2.05) is 39.2 Å². The topological polar surface area (TPSA) is 21.3 Å². The van der Waals surface area contributed by atoms with Gasteiger partial charge in [0.25, 0.3) is 0 Å². The molecule has 0 amide bonds. The molecule has 68 valence electrons. The Morgan fingerprint density at radius 3 is 2.67 bits per heavy atom. The second kappa shape index (κ2) is 6.53. The van der Waals surface area contributed by atoms with Crippen molar-refractivity contribution in [3.63, 3.8) is 0 Å². The maximum Gasteiger partial charge on any atom is 0.109 e. The van der Waals surface area contributed by atoms with Crippen molar-refractivity contribution in [1.29, 1.82) is 0 Å². The van der Waals surface area contributed by atoms with E-state index in [0.29, 0.717) is 6.61 Å². The summed E-state index contributed by atoms with van der Waals surface area (Å²) >= 11 is 0. The monoisotopic (exact) mass is 167 g/mol. The Bertz CT molecular complexity index is 192. The van der Waals surface area contributed by atoms with Gasteiger partial charge in [0.05, 0.1) is 5.76 Å². The Hall–Kier alpha value is -1.18. The molecule has 2 nitrogen and oxygen atoms in total. The summed E-state index contributed by atoms with van der Waals surface area (Å²) in [4.78, 5) is 0. The molecule has 0 bridgehead atoms. The molecule has 0 atom stereocenters. The maximum atomic E-state index is 5.22. The van der Waals surface area contributed by atoms with Crippen molar-refractivity contribution in [2.45, 2.75) is 13.8 Å². The van der Waals surface area contributed by atoms with Crippen LogP contribution in [0.25, 0.3) is 0 Å². The van der Waals surface area contributed by atoms with Crippen LogP contribution in [0.5, 0.6) is 0 Å². The summed E-state index contributed by atoms with van der Waals surface area (Å²) in [6.45, 7) is 8.12. The van der Waals surface area contributed by atoms with Gasteiger partial charge in [0.1, 0.15) is 6.61 Å². The molecule has 12 heavy (non-hydrogen) atoms. The number of rotatable bonds is 5. The predicted octanol–water partition coefficient (Wildman–Crippen LogP) is 2.22. The molecule has 0 aromatic rings. The van der Waals surface area contributed by atoms with Crippen LogP contribution >= 0.6 is 0 Å². The summed E-state index contributed by atoms with van der Waals surface area (Å²) in [5.74, 6) is 0.750. The van der Waals surface area contributed by atoms with E-state index in [-0.39, 0.29) is 0 Å². The molecule has 0 unspecified atom stereocenters. The lowest BCUT2D eigenvalue weighted by Crippen LogP contribution is -1.93. The van der Waals surface area contributed by atoms with Crippen molar-refractivity contribution in [3.05, 3.63) is 36.3 Å². The molecule has 0 aromatic heterocycles. The van der Waals surface area contributed by atoms with Crippen LogP contribution in [0.2, 0.25) is 0 Å². The van der Waals surface area contributed by atoms with E-state index in [2.05, 4.69) is 11.9 Å². The first-order valence-corrected chi connectivity index (χ1v) is 3.94. The molecule has 0 aliphatic rings. The van der Waals surface area contributed by atoms with Gasteiger partial charge in [0, 0.05) is 7.05 Å². The highest BCUT2D eigenvalue weighted by Crippen LogP contribution is 1.98. The molecule has 0 saturated carbocycles. The third-order valence-electron chi connectivity index (χ3n) is 1.19. The van der Waals surface area contributed by atoms with E-state index < -0.39 is 0 Å². The van der Waals surface area contributed by atoms with Gasteiger partial charge in [-0.2, -0.15) is 0 Å². The standard InChI is InChI=1S/C10H17NO/c1-9(2)12-8-10(3)6-5-7-11-4/h5-7,11H,1,8H2,2-4H3/b7-5-,10-6+. The van der Waals surface area contributed by atoms with Crippen molar-refractivity contribution in [2.75, 3.05) is 13.7 Å². The van der Waals surface area contributed by atoms with Gasteiger partial charge in [-0.3, -0.25) is 0 Å². The Morgan fingerprint density at radius 2 is 2.17 bits per heavy atom. The van der Waals surface area contributed by atoms with Gasteiger partial charge < -0.3 is 10.1 Å². The molecule has 0 fully saturated rings. The van der Waals surface area contributed by atoms with Crippen LogP contribution in [0.3, 0.4) is 0 Å². The third kappa shape index (κ3) is 6.93. The minimum absolute atomic E-state index is 0.614. The second-order valence-corrected chi connectivity index (χ2v) is 2.65. The van der Waals surface area contributed by atoms with Crippen molar-refractivity contribution in [1.82, 2.24) is 5.32 Å². The molecule has 0 aromatic carbocycles. The van der Waals surface area contributed by atoms with E-state index in [9.17, 15) is 0 Å². The van der Waals surface area contributed by atoms with E-state index in [4.69, 9.17) is 4.74 Å². The van der Waals surface area contributed by atoms with Gasteiger partial charge in [0.15, 0.2) is 0 Å². The zero-order valence-corrected chi connectivity index (χ0v) is 8.05. The lowest BCUT2D eigenvalue weighted by molar-refractivity contribution is 0.243. The molecule has 1 N–H and O–H groups in total. The van der Waals surface area contributed by atoms with E-state index in [0.717, 1.165) is 5.76 Å². The molecule has 0 saturated heterocycles. The number of nitrogens with one attached hydrogen (secondary N) is 1. The average molecular weight is 167 g/mol. The summed E-state index contributed by atoms with van der Waals surface area (Å²) in [5.41, 5.74) is 1.17. The van der Waals surface area contributed by atoms with Gasteiger partial charge in [0.2, 0.25) is 0 Å². The Labute approximate surface area is 74.6 Å². The van der Waals surface area contributed by atoms with Crippen LogP contribution in [0, 0.1) is 0 Å². The van der Waals surface area contributed by atoms with Gasteiger partial charge >= 0.3 is 0 Å². The zero-order valence-electron chi connectivity index (χ0n) is 8.05. The highest BCUT2D eigenvalue weighted by molar-refractivity contribution is 5.10. The lowest BCUT2D eigenvalue weighted by Gasteiger charge is -2.03. The smallest absolute Gasteiger partial charge is 0.109 e. The minimum atomic E-state index is 0.614. The fourth-order valence-electron chi connectivity index (χ4n) is 0.594. The van der Waals surface area contributed by atoms with Crippen molar-refractivity contribution in [2.24, 2.45) is 0 Å². The van der Waals surface area contributed by atoms with Crippen LogP contribution in [0.1, 0.15) is 13.8 Å². The maximum absolute atomic E-state index is 5.22. The molecule has 0 radical (unpaired) electrons. The van der Waals surface area contributed by atoms with Crippen LogP contribution in [0.15, 0.2) is 36.3 Å². The molecule has 0 aliphatic carbocycles. The molecule has 2 heteroatoms. The molecule has 0 spiro atoms. The summed E-state index contributed by atoms with van der Waals surface area (Å²) < 4.78 is 5.22. The quantitative estimate of drug-likeness (QED) is 0.500. The molecular formula is C10H17NO. The molecule has 0 rings (SSSR count). The van der Waals surface area contributed by atoms with E-state index in [1.54, 1.807) is 0 Å². The molecule has 0 aliphatic heterocycles. The van der Waals surface area contributed by atoms with Crippen molar-refractivity contribution in [3.8, 4) is 0 Å². The number of allylic oxidation sites excluding steroid dienone is 3. The van der Waals surface area contributed by atoms with E-state index in [1.165, 1.54) is 5.57 Å². The highest BCUT2D eigenvalue weighted by Gasteiger charge is 1.87. The molecule has 0 heterocycles. The third-order valence-corrected chi connectivity index (χ3v) is 1.19. The summed E-state index contributed by atoms with van der Waals surface area (Å²) in [7, 11) is 1.87. The van der Waals surface area contributed by atoms with Crippen molar-refractivity contribution >= 4 is 0 Å². The molecular weight excluding hydrogens is 150 g/mol.